The molecule has 1 unspecified atom stereocenters. The van der Waals surface area contributed by atoms with Gasteiger partial charge < -0.3 is 20.5 Å². The lowest BCUT2D eigenvalue weighted by Crippen LogP contribution is -2.55. The van der Waals surface area contributed by atoms with Gasteiger partial charge in [-0.15, -0.1) is 0 Å². The molecule has 0 aliphatic rings. The van der Waals surface area contributed by atoms with Crippen LogP contribution < -0.4 is 5.73 Å². The van der Waals surface area contributed by atoms with E-state index in [4.69, 9.17) is 15.6 Å². The van der Waals surface area contributed by atoms with Crippen molar-refractivity contribution in [3.05, 3.63) is 0 Å². The Kier molecular flexibility index (Phi) is 5.40. The van der Waals surface area contributed by atoms with Crippen LogP contribution in [0.2, 0.25) is 0 Å². The summed E-state index contributed by atoms with van der Waals surface area (Å²) >= 11 is 0. The SMILES string of the molecule is COCCC(N)C(=O)N(C)C(C)(C)C(=O)O. The number of likely N-dealkylation sites (N-methyl/N-ethyl adjacent to an activating group) is 1. The van der Waals surface area contributed by atoms with Gasteiger partial charge in [-0.3, -0.25) is 4.79 Å². The zero-order valence-electron chi connectivity index (χ0n) is 10.2. The van der Waals surface area contributed by atoms with Crippen LogP contribution in [0.4, 0.5) is 0 Å². The Morgan fingerprint density at radius 2 is 2.00 bits per heavy atom. The summed E-state index contributed by atoms with van der Waals surface area (Å²) < 4.78 is 4.81. The molecule has 0 aliphatic carbocycles. The van der Waals surface area contributed by atoms with Crippen LogP contribution in [-0.2, 0) is 14.3 Å². The Hall–Kier alpha value is -1.14. The van der Waals surface area contributed by atoms with Crippen molar-refractivity contribution >= 4 is 11.9 Å². The van der Waals surface area contributed by atoms with Crippen molar-refractivity contribution in [2.24, 2.45) is 5.73 Å². The highest BCUT2D eigenvalue weighted by molar-refractivity contribution is 5.88. The molecule has 0 radical (unpaired) electrons. The highest BCUT2D eigenvalue weighted by Gasteiger charge is 2.36. The van der Waals surface area contributed by atoms with Crippen LogP contribution >= 0.6 is 0 Å². The van der Waals surface area contributed by atoms with E-state index >= 15 is 0 Å². The molecule has 0 heterocycles. The molecule has 0 aliphatic heterocycles. The number of methoxy groups -OCH3 is 1. The molecule has 1 amide bonds. The van der Waals surface area contributed by atoms with Crippen LogP contribution in [-0.4, -0.2) is 54.2 Å². The number of nitrogens with zero attached hydrogens (tertiary/aromatic N) is 1. The van der Waals surface area contributed by atoms with Crippen molar-refractivity contribution < 1.29 is 19.4 Å². The maximum Gasteiger partial charge on any atom is 0.329 e. The lowest BCUT2D eigenvalue weighted by molar-refractivity contribution is -0.155. The van der Waals surface area contributed by atoms with Gasteiger partial charge in [0.1, 0.15) is 5.54 Å². The normalized spacial score (nSPS) is 13.3. The number of nitrogens with two attached hydrogens (primary N) is 1. The van der Waals surface area contributed by atoms with Crippen molar-refractivity contribution in [2.75, 3.05) is 20.8 Å². The van der Waals surface area contributed by atoms with Gasteiger partial charge in [0.15, 0.2) is 0 Å². The van der Waals surface area contributed by atoms with E-state index in [-0.39, 0.29) is 0 Å². The Labute approximate surface area is 95.4 Å². The van der Waals surface area contributed by atoms with Crippen LogP contribution in [0.15, 0.2) is 0 Å². The fraction of sp³-hybridized carbons (Fsp3) is 0.800. The number of ether oxygens (including phenoxy) is 1. The van der Waals surface area contributed by atoms with Gasteiger partial charge >= 0.3 is 5.97 Å². The molecule has 16 heavy (non-hydrogen) atoms. The van der Waals surface area contributed by atoms with E-state index in [1.165, 1.54) is 28.0 Å². The van der Waals surface area contributed by atoms with Crippen molar-refractivity contribution in [1.82, 2.24) is 4.90 Å². The summed E-state index contributed by atoms with van der Waals surface area (Å²) in [6.07, 6.45) is 0.370. The van der Waals surface area contributed by atoms with Gasteiger partial charge in [-0.05, 0) is 20.3 Å². The summed E-state index contributed by atoms with van der Waals surface area (Å²) in [4.78, 5) is 23.9. The third-order valence-corrected chi connectivity index (χ3v) is 2.64. The van der Waals surface area contributed by atoms with Gasteiger partial charge in [-0.1, -0.05) is 0 Å². The molecule has 0 saturated carbocycles. The van der Waals surface area contributed by atoms with Gasteiger partial charge in [0.2, 0.25) is 5.91 Å². The Morgan fingerprint density at radius 1 is 1.50 bits per heavy atom. The first-order valence-corrected chi connectivity index (χ1v) is 5.00. The molecule has 0 bridgehead atoms. The van der Waals surface area contributed by atoms with E-state index in [0.29, 0.717) is 13.0 Å². The molecular formula is C10H20N2O4. The van der Waals surface area contributed by atoms with E-state index < -0.39 is 23.5 Å². The fourth-order valence-electron chi connectivity index (χ4n) is 1.04. The number of hydrogen-bond acceptors (Lipinski definition) is 4. The van der Waals surface area contributed by atoms with Crippen molar-refractivity contribution in [2.45, 2.75) is 31.8 Å². The minimum absolute atomic E-state index is 0.369. The molecule has 94 valence electrons. The second kappa shape index (κ2) is 5.81. The number of carboxylic acid groups (broad SMARTS) is 1. The molecule has 6 heteroatoms. The van der Waals surface area contributed by atoms with Crippen LogP contribution in [0.1, 0.15) is 20.3 Å². The molecule has 0 spiro atoms. The van der Waals surface area contributed by atoms with E-state index in [1.807, 2.05) is 0 Å². The highest BCUT2D eigenvalue weighted by Crippen LogP contribution is 2.14. The quantitative estimate of drug-likeness (QED) is 0.654. The number of aliphatic carboxylic acids is 1. The van der Waals surface area contributed by atoms with E-state index in [2.05, 4.69) is 0 Å². The number of carbonyl (C=O) groups excluding carboxylic acids is 1. The average Bonchev–Trinajstić information content (AvgIpc) is 2.23. The third kappa shape index (κ3) is 3.46. The molecule has 6 nitrogen and oxygen atoms in total. The average molecular weight is 232 g/mol. The first-order chi connectivity index (χ1) is 7.25. The first-order valence-electron chi connectivity index (χ1n) is 5.00. The second-order valence-corrected chi connectivity index (χ2v) is 4.15. The topological polar surface area (TPSA) is 92.9 Å². The van der Waals surface area contributed by atoms with Gasteiger partial charge in [-0.2, -0.15) is 0 Å². The van der Waals surface area contributed by atoms with E-state index in [0.717, 1.165) is 4.90 Å². The summed E-state index contributed by atoms with van der Waals surface area (Å²) in [5.74, 6) is -1.47. The summed E-state index contributed by atoms with van der Waals surface area (Å²) in [6.45, 7) is 3.28. The van der Waals surface area contributed by atoms with Crippen molar-refractivity contribution in [1.29, 1.82) is 0 Å². The lowest BCUT2D eigenvalue weighted by Gasteiger charge is -2.33. The van der Waals surface area contributed by atoms with Gasteiger partial charge in [-0.25, -0.2) is 4.79 Å². The fourth-order valence-corrected chi connectivity index (χ4v) is 1.04. The minimum atomic E-state index is -1.26. The number of rotatable bonds is 6. The van der Waals surface area contributed by atoms with Crippen LogP contribution in [0.5, 0.6) is 0 Å². The maximum atomic E-state index is 11.8. The predicted octanol–water partition coefficient (Wildman–Crippen LogP) is -0.328. The van der Waals surface area contributed by atoms with Gasteiger partial charge in [0, 0.05) is 20.8 Å². The maximum absolute atomic E-state index is 11.8. The van der Waals surface area contributed by atoms with Gasteiger partial charge in [0.05, 0.1) is 6.04 Å². The first kappa shape index (κ1) is 14.9. The number of carbonyl (C=O) groups is 2. The second-order valence-electron chi connectivity index (χ2n) is 4.15. The van der Waals surface area contributed by atoms with Crippen molar-refractivity contribution in [3.63, 3.8) is 0 Å². The summed E-state index contributed by atoms with van der Waals surface area (Å²) in [5.41, 5.74) is 4.37. The number of hydrogen-bond donors (Lipinski definition) is 2. The largest absolute Gasteiger partial charge is 0.480 e. The molecule has 0 fully saturated rings. The molecule has 0 aromatic heterocycles. The monoisotopic (exact) mass is 232 g/mol. The standard InChI is InChI=1S/C10H20N2O4/c1-10(2,9(14)15)12(3)8(13)7(11)5-6-16-4/h7H,5-6,11H2,1-4H3,(H,14,15). The van der Waals surface area contributed by atoms with E-state index in [9.17, 15) is 9.59 Å². The molecule has 1 atom stereocenters. The van der Waals surface area contributed by atoms with Crippen LogP contribution in [0.25, 0.3) is 0 Å². The molecule has 0 aromatic rings. The molecular weight excluding hydrogens is 212 g/mol. The summed E-state index contributed by atoms with van der Waals surface area (Å²) in [5, 5.41) is 8.96. The molecule has 0 saturated heterocycles. The smallest absolute Gasteiger partial charge is 0.329 e. The molecule has 0 aromatic carbocycles. The summed E-state index contributed by atoms with van der Waals surface area (Å²) in [6, 6.07) is -0.733. The number of carboxylic acids is 1. The predicted molar refractivity (Wildman–Crippen MR) is 59.0 cm³/mol. The Balaban J connectivity index is 4.54. The summed E-state index contributed by atoms with van der Waals surface area (Å²) in [7, 11) is 2.95. The molecule has 0 rings (SSSR count). The Bertz CT molecular complexity index is 266. The van der Waals surface area contributed by atoms with E-state index in [1.54, 1.807) is 0 Å². The minimum Gasteiger partial charge on any atom is -0.480 e. The van der Waals surface area contributed by atoms with Crippen LogP contribution in [0, 0.1) is 0 Å². The van der Waals surface area contributed by atoms with Crippen molar-refractivity contribution in [3.8, 4) is 0 Å². The van der Waals surface area contributed by atoms with Crippen LogP contribution in [0.3, 0.4) is 0 Å². The number of amides is 1. The zero-order chi connectivity index (χ0) is 12.9. The third-order valence-electron chi connectivity index (χ3n) is 2.64. The lowest BCUT2D eigenvalue weighted by atomic mass is 10.0. The van der Waals surface area contributed by atoms with Gasteiger partial charge in [0.25, 0.3) is 0 Å². The highest BCUT2D eigenvalue weighted by atomic mass is 16.5. The molecule has 3 N–H and O–H groups in total. The Morgan fingerprint density at radius 3 is 2.38 bits per heavy atom. The zero-order valence-corrected chi connectivity index (χ0v) is 10.2.